The Bertz CT molecular complexity index is 337. The lowest BCUT2D eigenvalue weighted by Gasteiger charge is -2.17. The average molecular weight is 250 g/mol. The van der Waals surface area contributed by atoms with Crippen molar-refractivity contribution >= 4 is 24.2 Å². The minimum absolute atomic E-state index is 0.136. The summed E-state index contributed by atoms with van der Waals surface area (Å²) in [5.41, 5.74) is 0.353. The van der Waals surface area contributed by atoms with Crippen molar-refractivity contribution in [3.63, 3.8) is 0 Å². The van der Waals surface area contributed by atoms with Gasteiger partial charge >= 0.3 is 0 Å². The molecule has 0 aliphatic carbocycles. The molecular formula is C9H12ClNO3S. The van der Waals surface area contributed by atoms with E-state index >= 15 is 0 Å². The summed E-state index contributed by atoms with van der Waals surface area (Å²) in [5.74, 6) is 0.379. The second-order valence-electron chi connectivity index (χ2n) is 2.95. The van der Waals surface area contributed by atoms with Gasteiger partial charge in [-0.2, -0.15) is 12.6 Å². The number of ether oxygens (including phenoxy) is 1. The number of pyridine rings is 1. The van der Waals surface area contributed by atoms with E-state index in [1.807, 2.05) is 0 Å². The lowest BCUT2D eigenvalue weighted by atomic mass is 10.1. The Kier molecular flexibility index (Phi) is 4.66. The predicted molar refractivity (Wildman–Crippen MR) is 60.6 cm³/mol. The molecule has 0 aromatic carbocycles. The smallest absolute Gasteiger partial charge is 0.219 e. The molecular weight excluding hydrogens is 238 g/mol. The molecule has 2 N–H and O–H groups in total. The SMILES string of the molecule is COc1ncc(Cl)cc1C(O)C(O)CS. The molecule has 4 nitrogen and oxygen atoms in total. The van der Waals surface area contributed by atoms with Gasteiger partial charge in [-0.1, -0.05) is 11.6 Å². The number of halogens is 1. The van der Waals surface area contributed by atoms with Crippen LogP contribution in [0.3, 0.4) is 0 Å². The zero-order chi connectivity index (χ0) is 11.4. The highest BCUT2D eigenvalue weighted by molar-refractivity contribution is 7.80. The molecule has 15 heavy (non-hydrogen) atoms. The van der Waals surface area contributed by atoms with E-state index in [9.17, 15) is 10.2 Å². The molecule has 2 atom stereocenters. The molecule has 1 heterocycles. The number of hydrogen-bond acceptors (Lipinski definition) is 5. The van der Waals surface area contributed by atoms with E-state index in [0.29, 0.717) is 10.6 Å². The van der Waals surface area contributed by atoms with Gasteiger partial charge in [-0.3, -0.25) is 0 Å². The van der Waals surface area contributed by atoms with Crippen molar-refractivity contribution in [2.75, 3.05) is 12.9 Å². The van der Waals surface area contributed by atoms with Gasteiger partial charge in [-0.05, 0) is 6.07 Å². The second kappa shape index (κ2) is 5.55. The van der Waals surface area contributed by atoms with E-state index in [-0.39, 0.29) is 11.6 Å². The third-order valence-corrected chi connectivity index (χ3v) is 2.49. The number of aromatic nitrogens is 1. The Labute approximate surface area is 98.3 Å². The fourth-order valence-electron chi connectivity index (χ4n) is 1.13. The Balaban J connectivity index is 3.05. The van der Waals surface area contributed by atoms with Crippen LogP contribution in [0.5, 0.6) is 5.88 Å². The summed E-state index contributed by atoms with van der Waals surface area (Å²) < 4.78 is 4.95. The van der Waals surface area contributed by atoms with Crippen LogP contribution < -0.4 is 4.74 Å². The van der Waals surface area contributed by atoms with Crippen molar-refractivity contribution in [1.29, 1.82) is 0 Å². The summed E-state index contributed by atoms with van der Waals surface area (Å²) in [7, 11) is 1.43. The Morgan fingerprint density at radius 1 is 1.60 bits per heavy atom. The Morgan fingerprint density at radius 3 is 2.80 bits per heavy atom. The standard InChI is InChI=1S/C9H12ClNO3S/c1-14-9-6(2-5(10)3-11-9)8(13)7(12)4-15/h2-3,7-8,12-13,15H,4H2,1H3. The van der Waals surface area contributed by atoms with Crippen molar-refractivity contribution in [3.05, 3.63) is 22.8 Å². The van der Waals surface area contributed by atoms with Crippen molar-refractivity contribution < 1.29 is 14.9 Å². The average Bonchev–Trinajstić information content (AvgIpc) is 2.27. The molecule has 1 rings (SSSR count). The zero-order valence-corrected chi connectivity index (χ0v) is 9.74. The van der Waals surface area contributed by atoms with E-state index in [2.05, 4.69) is 17.6 Å². The highest BCUT2D eigenvalue weighted by Gasteiger charge is 2.21. The molecule has 0 bridgehead atoms. The monoisotopic (exact) mass is 249 g/mol. The summed E-state index contributed by atoms with van der Waals surface area (Å²) >= 11 is 9.63. The molecule has 0 spiro atoms. The molecule has 1 aromatic rings. The van der Waals surface area contributed by atoms with Gasteiger partial charge in [0.2, 0.25) is 5.88 Å². The first kappa shape index (κ1) is 12.6. The summed E-state index contributed by atoms with van der Waals surface area (Å²) in [4.78, 5) is 3.88. The van der Waals surface area contributed by atoms with Crippen LogP contribution in [0.25, 0.3) is 0 Å². The molecule has 0 radical (unpaired) electrons. The highest BCUT2D eigenvalue weighted by Crippen LogP contribution is 2.28. The van der Waals surface area contributed by atoms with E-state index in [1.165, 1.54) is 19.4 Å². The predicted octanol–water partition coefficient (Wildman–Crippen LogP) is 1.07. The van der Waals surface area contributed by atoms with Gasteiger partial charge in [0.25, 0.3) is 0 Å². The quantitative estimate of drug-likeness (QED) is 0.699. The zero-order valence-electron chi connectivity index (χ0n) is 8.09. The number of aliphatic hydroxyl groups excluding tert-OH is 2. The first-order chi connectivity index (χ1) is 7.10. The number of hydrogen-bond donors (Lipinski definition) is 3. The summed E-state index contributed by atoms with van der Waals surface area (Å²) in [6.45, 7) is 0. The van der Waals surface area contributed by atoms with Crippen molar-refractivity contribution in [2.24, 2.45) is 0 Å². The number of nitrogens with zero attached hydrogens (tertiary/aromatic N) is 1. The number of thiol groups is 1. The summed E-state index contributed by atoms with van der Waals surface area (Å²) in [5, 5.41) is 19.6. The normalized spacial score (nSPS) is 14.7. The maximum Gasteiger partial charge on any atom is 0.219 e. The van der Waals surface area contributed by atoms with Gasteiger partial charge < -0.3 is 14.9 Å². The molecule has 6 heteroatoms. The Hall–Kier alpha value is -0.490. The molecule has 0 amide bonds. The van der Waals surface area contributed by atoms with Crippen LogP contribution in [0.15, 0.2) is 12.3 Å². The van der Waals surface area contributed by atoms with Crippen LogP contribution in [-0.2, 0) is 0 Å². The fourth-order valence-corrected chi connectivity index (χ4v) is 1.50. The maximum absolute atomic E-state index is 9.75. The lowest BCUT2D eigenvalue weighted by Crippen LogP contribution is -2.20. The van der Waals surface area contributed by atoms with Crippen LogP contribution >= 0.6 is 24.2 Å². The number of aliphatic hydroxyl groups is 2. The van der Waals surface area contributed by atoms with Crippen molar-refractivity contribution in [2.45, 2.75) is 12.2 Å². The van der Waals surface area contributed by atoms with Gasteiger partial charge in [0.1, 0.15) is 6.10 Å². The van der Waals surface area contributed by atoms with Crippen LogP contribution in [0.1, 0.15) is 11.7 Å². The summed E-state index contributed by atoms with van der Waals surface area (Å²) in [6, 6.07) is 1.50. The van der Waals surface area contributed by atoms with E-state index in [0.717, 1.165) is 0 Å². The second-order valence-corrected chi connectivity index (χ2v) is 3.75. The summed E-state index contributed by atoms with van der Waals surface area (Å²) in [6.07, 6.45) is -0.685. The van der Waals surface area contributed by atoms with Crippen LogP contribution in [0.2, 0.25) is 5.02 Å². The topological polar surface area (TPSA) is 62.6 Å². The maximum atomic E-state index is 9.75. The highest BCUT2D eigenvalue weighted by atomic mass is 35.5. The minimum atomic E-state index is -1.11. The van der Waals surface area contributed by atoms with Gasteiger partial charge in [0.05, 0.1) is 18.2 Å². The lowest BCUT2D eigenvalue weighted by molar-refractivity contribution is 0.0318. The first-order valence-corrected chi connectivity index (χ1v) is 5.27. The van der Waals surface area contributed by atoms with Crippen LogP contribution in [0, 0.1) is 0 Å². The fraction of sp³-hybridized carbons (Fsp3) is 0.444. The number of methoxy groups -OCH3 is 1. The molecule has 0 aliphatic heterocycles. The third-order valence-electron chi connectivity index (χ3n) is 1.91. The van der Waals surface area contributed by atoms with Crippen LogP contribution in [-0.4, -0.2) is 34.2 Å². The third kappa shape index (κ3) is 2.98. The minimum Gasteiger partial charge on any atom is -0.481 e. The van der Waals surface area contributed by atoms with E-state index in [1.54, 1.807) is 0 Å². The number of rotatable bonds is 4. The largest absolute Gasteiger partial charge is 0.481 e. The Morgan fingerprint density at radius 2 is 2.27 bits per heavy atom. The van der Waals surface area contributed by atoms with Crippen molar-refractivity contribution in [3.8, 4) is 5.88 Å². The van der Waals surface area contributed by atoms with Gasteiger partial charge in [0, 0.05) is 17.5 Å². The van der Waals surface area contributed by atoms with Gasteiger partial charge in [-0.25, -0.2) is 4.98 Å². The van der Waals surface area contributed by atoms with Gasteiger partial charge in [-0.15, -0.1) is 0 Å². The molecule has 2 unspecified atom stereocenters. The van der Waals surface area contributed by atoms with E-state index < -0.39 is 12.2 Å². The molecule has 0 aliphatic rings. The van der Waals surface area contributed by atoms with Crippen LogP contribution in [0.4, 0.5) is 0 Å². The molecule has 84 valence electrons. The molecule has 0 saturated heterocycles. The molecule has 0 saturated carbocycles. The molecule has 0 fully saturated rings. The van der Waals surface area contributed by atoms with E-state index in [4.69, 9.17) is 16.3 Å². The first-order valence-electron chi connectivity index (χ1n) is 4.26. The van der Waals surface area contributed by atoms with Gasteiger partial charge in [0.15, 0.2) is 0 Å². The van der Waals surface area contributed by atoms with Crippen molar-refractivity contribution in [1.82, 2.24) is 4.98 Å². The molecule has 1 aromatic heterocycles.